The van der Waals surface area contributed by atoms with Gasteiger partial charge in [-0.05, 0) is 6.42 Å². The molecule has 1 aromatic heterocycles. The molecule has 0 aliphatic heterocycles. The Kier molecular flexibility index (Phi) is 4.16. The summed E-state index contributed by atoms with van der Waals surface area (Å²) in [6.07, 6.45) is 0.397. The van der Waals surface area contributed by atoms with E-state index in [0.717, 1.165) is 0 Å². The second-order valence-corrected chi connectivity index (χ2v) is 3.39. The summed E-state index contributed by atoms with van der Waals surface area (Å²) in [5.41, 5.74) is 5.21. The zero-order valence-corrected chi connectivity index (χ0v) is 9.58. The number of primary amides is 1. The third-order valence-electron chi connectivity index (χ3n) is 2.28. The number of hydrogen-bond donors (Lipinski definition) is 2. The summed E-state index contributed by atoms with van der Waals surface area (Å²) in [5, 5.41) is 16.1. The molecule has 0 aliphatic carbocycles. The first-order valence-corrected chi connectivity index (χ1v) is 4.98. The second-order valence-electron chi connectivity index (χ2n) is 3.39. The summed E-state index contributed by atoms with van der Waals surface area (Å²) >= 11 is 0. The molecule has 0 saturated heterocycles. The number of ether oxygens (including phenoxy) is 1. The fourth-order valence-corrected chi connectivity index (χ4v) is 1.50. The zero-order valence-electron chi connectivity index (χ0n) is 9.58. The third kappa shape index (κ3) is 2.59. The maximum Gasteiger partial charge on any atom is 0.358 e. The van der Waals surface area contributed by atoms with Crippen LogP contribution in [0.2, 0.25) is 0 Å². The lowest BCUT2D eigenvalue weighted by Gasteiger charge is -2.13. The Labute approximate surface area is 97.4 Å². The van der Waals surface area contributed by atoms with E-state index in [1.54, 1.807) is 6.92 Å². The number of aromatic carboxylic acids is 1. The smallest absolute Gasteiger partial charge is 0.358 e. The van der Waals surface area contributed by atoms with Gasteiger partial charge < -0.3 is 15.6 Å². The Hall–Kier alpha value is -1.96. The average Bonchev–Trinajstić information content (AvgIpc) is 2.63. The van der Waals surface area contributed by atoms with Gasteiger partial charge in [-0.25, -0.2) is 9.48 Å². The molecule has 8 nitrogen and oxygen atoms in total. The molecular weight excluding hydrogens is 228 g/mol. The Bertz CT molecular complexity index is 429. The van der Waals surface area contributed by atoms with Crippen LogP contribution in [0.5, 0.6) is 0 Å². The van der Waals surface area contributed by atoms with Gasteiger partial charge in [0.15, 0.2) is 5.69 Å². The molecule has 3 N–H and O–H groups in total. The highest BCUT2D eigenvalue weighted by Gasteiger charge is 2.25. The minimum atomic E-state index is -1.22. The molecule has 1 amide bonds. The number of nitrogens with two attached hydrogens (primary N) is 1. The number of rotatable bonds is 6. The van der Waals surface area contributed by atoms with Crippen molar-refractivity contribution in [2.24, 2.45) is 5.73 Å². The van der Waals surface area contributed by atoms with Gasteiger partial charge in [-0.3, -0.25) is 4.79 Å². The molecule has 1 atom stereocenters. The predicted molar refractivity (Wildman–Crippen MR) is 56.2 cm³/mol. The molecular formula is C9H14N4O4. The van der Waals surface area contributed by atoms with Gasteiger partial charge in [0.2, 0.25) is 5.91 Å². The number of hydrogen-bond acceptors (Lipinski definition) is 5. The molecule has 1 heterocycles. The normalized spacial score (nSPS) is 12.4. The summed E-state index contributed by atoms with van der Waals surface area (Å²) < 4.78 is 6.08. The maximum atomic E-state index is 11.2. The van der Waals surface area contributed by atoms with Crippen molar-refractivity contribution in [3.05, 3.63) is 11.4 Å². The molecule has 0 bridgehead atoms. The molecule has 0 radical (unpaired) electrons. The molecule has 1 aromatic rings. The van der Waals surface area contributed by atoms with Gasteiger partial charge in [0.1, 0.15) is 11.7 Å². The number of aromatic nitrogens is 3. The molecule has 1 rings (SSSR count). The summed E-state index contributed by atoms with van der Waals surface area (Å²) in [6.45, 7) is 1.74. The molecule has 8 heteroatoms. The molecule has 0 aliphatic rings. The number of amides is 1. The molecule has 0 saturated carbocycles. The van der Waals surface area contributed by atoms with Gasteiger partial charge >= 0.3 is 5.97 Å². The van der Waals surface area contributed by atoms with Gasteiger partial charge in [-0.2, -0.15) is 0 Å². The quantitative estimate of drug-likeness (QED) is 0.697. The average molecular weight is 242 g/mol. The van der Waals surface area contributed by atoms with Crippen LogP contribution in [-0.4, -0.2) is 39.1 Å². The van der Waals surface area contributed by atoms with Crippen molar-refractivity contribution in [3.8, 4) is 0 Å². The zero-order chi connectivity index (χ0) is 13.0. The monoisotopic (exact) mass is 242 g/mol. The van der Waals surface area contributed by atoms with Crippen LogP contribution in [0, 0.1) is 0 Å². The van der Waals surface area contributed by atoms with Crippen LogP contribution in [0.1, 0.15) is 35.6 Å². The number of nitrogens with zero attached hydrogens (tertiary/aromatic N) is 3. The van der Waals surface area contributed by atoms with Gasteiger partial charge in [0.05, 0.1) is 6.61 Å². The minimum absolute atomic E-state index is 0.00157. The van der Waals surface area contributed by atoms with Crippen LogP contribution in [0.15, 0.2) is 0 Å². The predicted octanol–water partition coefficient (Wildman–Crippen LogP) is -0.441. The highest BCUT2D eigenvalue weighted by Crippen LogP contribution is 2.16. The van der Waals surface area contributed by atoms with Gasteiger partial charge in [0, 0.05) is 7.11 Å². The van der Waals surface area contributed by atoms with Crippen molar-refractivity contribution in [1.82, 2.24) is 15.0 Å². The Morgan fingerprint density at radius 1 is 1.59 bits per heavy atom. The Balaban J connectivity index is 3.23. The van der Waals surface area contributed by atoms with Crippen molar-refractivity contribution >= 4 is 11.9 Å². The van der Waals surface area contributed by atoms with E-state index in [1.807, 2.05) is 0 Å². The first-order chi connectivity index (χ1) is 8.02. The fourth-order valence-electron chi connectivity index (χ4n) is 1.50. The lowest BCUT2D eigenvalue weighted by Crippen LogP contribution is -2.28. The van der Waals surface area contributed by atoms with E-state index in [0.29, 0.717) is 6.42 Å². The molecule has 0 fully saturated rings. The molecule has 0 aromatic carbocycles. The molecule has 17 heavy (non-hydrogen) atoms. The topological polar surface area (TPSA) is 120 Å². The largest absolute Gasteiger partial charge is 0.476 e. The van der Waals surface area contributed by atoms with E-state index in [9.17, 15) is 9.59 Å². The number of carboxylic acids is 1. The SMILES string of the molecule is CCC(C(N)=O)n1nnc(C(=O)O)c1COC. The van der Waals surface area contributed by atoms with Crippen molar-refractivity contribution in [2.75, 3.05) is 7.11 Å². The highest BCUT2D eigenvalue weighted by molar-refractivity contribution is 5.86. The minimum Gasteiger partial charge on any atom is -0.476 e. The van der Waals surface area contributed by atoms with E-state index >= 15 is 0 Å². The Morgan fingerprint density at radius 3 is 2.65 bits per heavy atom. The van der Waals surface area contributed by atoms with Gasteiger partial charge in [0.25, 0.3) is 0 Å². The van der Waals surface area contributed by atoms with Crippen LogP contribution in [0.3, 0.4) is 0 Å². The Morgan fingerprint density at radius 2 is 2.24 bits per heavy atom. The van der Waals surface area contributed by atoms with Crippen molar-refractivity contribution < 1.29 is 19.4 Å². The summed E-state index contributed by atoms with van der Waals surface area (Å²) in [5.74, 6) is -1.81. The van der Waals surface area contributed by atoms with Gasteiger partial charge in [-0.1, -0.05) is 12.1 Å². The highest BCUT2D eigenvalue weighted by atomic mass is 16.5. The number of carbonyl (C=O) groups is 2. The van der Waals surface area contributed by atoms with Crippen molar-refractivity contribution in [3.63, 3.8) is 0 Å². The van der Waals surface area contributed by atoms with E-state index in [2.05, 4.69) is 10.3 Å². The lowest BCUT2D eigenvalue weighted by atomic mass is 10.2. The first-order valence-electron chi connectivity index (χ1n) is 4.98. The van der Waals surface area contributed by atoms with E-state index in [-0.39, 0.29) is 18.0 Å². The number of methoxy groups -OCH3 is 1. The van der Waals surface area contributed by atoms with Crippen LogP contribution >= 0.6 is 0 Å². The summed E-state index contributed by atoms with van der Waals surface area (Å²) in [4.78, 5) is 22.1. The van der Waals surface area contributed by atoms with E-state index < -0.39 is 17.9 Å². The van der Waals surface area contributed by atoms with Crippen LogP contribution in [-0.2, 0) is 16.1 Å². The van der Waals surface area contributed by atoms with Crippen molar-refractivity contribution in [1.29, 1.82) is 0 Å². The summed E-state index contributed by atoms with van der Waals surface area (Å²) in [6, 6.07) is -0.722. The molecule has 0 spiro atoms. The fraction of sp³-hybridized carbons (Fsp3) is 0.556. The van der Waals surface area contributed by atoms with Crippen LogP contribution in [0.25, 0.3) is 0 Å². The standard InChI is InChI=1S/C9H14N4O4/c1-3-5(8(10)14)13-6(4-17-2)7(9(15)16)11-12-13/h5H,3-4H2,1-2H3,(H2,10,14)(H,15,16). The first kappa shape index (κ1) is 13.1. The lowest BCUT2D eigenvalue weighted by molar-refractivity contribution is -0.121. The number of carboxylic acid groups (broad SMARTS) is 1. The second kappa shape index (κ2) is 5.39. The number of carbonyl (C=O) groups excluding carboxylic acids is 1. The van der Waals surface area contributed by atoms with E-state index in [4.69, 9.17) is 15.6 Å². The molecule has 94 valence electrons. The van der Waals surface area contributed by atoms with Crippen LogP contribution < -0.4 is 5.73 Å². The maximum absolute atomic E-state index is 11.2. The van der Waals surface area contributed by atoms with Gasteiger partial charge in [-0.15, -0.1) is 5.10 Å². The summed E-state index contributed by atoms with van der Waals surface area (Å²) in [7, 11) is 1.41. The third-order valence-corrected chi connectivity index (χ3v) is 2.28. The van der Waals surface area contributed by atoms with Crippen molar-refractivity contribution in [2.45, 2.75) is 26.0 Å². The van der Waals surface area contributed by atoms with Crippen LogP contribution in [0.4, 0.5) is 0 Å². The van der Waals surface area contributed by atoms with E-state index in [1.165, 1.54) is 11.8 Å². The molecule has 1 unspecified atom stereocenters.